The molecule has 3 aromatic carbocycles. The number of methoxy groups -OCH3 is 1. The van der Waals surface area contributed by atoms with Crippen LogP contribution in [0.15, 0.2) is 77.6 Å². The van der Waals surface area contributed by atoms with Gasteiger partial charge in [-0.1, -0.05) is 36.4 Å². The molecule has 1 amide bonds. The molecule has 5 nitrogen and oxygen atoms in total. The summed E-state index contributed by atoms with van der Waals surface area (Å²) < 4.78 is 7.23. The van der Waals surface area contributed by atoms with E-state index in [-0.39, 0.29) is 23.9 Å². The van der Waals surface area contributed by atoms with Crippen molar-refractivity contribution >= 4 is 27.7 Å². The van der Waals surface area contributed by atoms with Gasteiger partial charge in [0.2, 0.25) is 5.91 Å². The van der Waals surface area contributed by atoms with Crippen LogP contribution in [0, 0.1) is 0 Å². The normalized spacial score (nSPS) is 13.5. The second-order valence-corrected chi connectivity index (χ2v) is 8.05. The van der Waals surface area contributed by atoms with E-state index < -0.39 is 0 Å². The summed E-state index contributed by atoms with van der Waals surface area (Å²) in [4.78, 5) is 28.4. The molecule has 4 aromatic rings. The third-order valence-corrected chi connectivity index (χ3v) is 5.99. The van der Waals surface area contributed by atoms with Gasteiger partial charge < -0.3 is 14.2 Å². The second kappa shape index (κ2) is 7.91. The monoisotopic (exact) mass is 412 g/mol. The van der Waals surface area contributed by atoms with E-state index in [4.69, 9.17) is 4.74 Å². The fourth-order valence-corrected chi connectivity index (χ4v) is 4.21. The lowest BCUT2D eigenvalue weighted by Gasteiger charge is -2.24. The molecular formula is C26H24N2O3. The van der Waals surface area contributed by atoms with Gasteiger partial charge in [-0.15, -0.1) is 0 Å². The molecule has 0 unspecified atom stereocenters. The molecule has 0 aliphatic heterocycles. The molecule has 0 saturated heterocycles. The molecule has 5 rings (SSSR count). The van der Waals surface area contributed by atoms with Crippen molar-refractivity contribution in [3.8, 4) is 5.75 Å². The van der Waals surface area contributed by atoms with Crippen molar-refractivity contribution < 1.29 is 9.53 Å². The Labute approximate surface area is 180 Å². The van der Waals surface area contributed by atoms with Crippen LogP contribution in [-0.4, -0.2) is 28.5 Å². The highest BCUT2D eigenvalue weighted by Crippen LogP contribution is 2.30. The third-order valence-electron chi connectivity index (χ3n) is 5.99. The molecule has 5 heteroatoms. The SMILES string of the molecule is COc1ccc(CN(C(=O)Cn2c3ccccc3c(=O)c3ccccc32)C2CC2)cc1. The topological polar surface area (TPSA) is 51.5 Å². The fourth-order valence-electron chi connectivity index (χ4n) is 4.21. The summed E-state index contributed by atoms with van der Waals surface area (Å²) in [6, 6.07) is 23.2. The summed E-state index contributed by atoms with van der Waals surface area (Å²) >= 11 is 0. The molecule has 0 atom stereocenters. The number of carbonyl (C=O) groups is 1. The number of hydrogen-bond donors (Lipinski definition) is 0. The van der Waals surface area contributed by atoms with E-state index in [2.05, 4.69) is 0 Å². The van der Waals surface area contributed by atoms with E-state index in [9.17, 15) is 9.59 Å². The zero-order valence-electron chi connectivity index (χ0n) is 17.5. The minimum Gasteiger partial charge on any atom is -0.497 e. The van der Waals surface area contributed by atoms with Crippen LogP contribution in [0.3, 0.4) is 0 Å². The standard InChI is InChI=1S/C26H24N2O3/c1-31-20-14-10-18(11-15-20)16-27(19-12-13-19)25(29)17-28-23-8-4-2-6-21(23)26(30)22-7-3-5-9-24(22)28/h2-11,14-15,19H,12-13,16-17H2,1H3. The predicted octanol–water partition coefficient (Wildman–Crippen LogP) is 4.35. The maximum atomic E-state index is 13.5. The Morgan fingerprint density at radius 3 is 2.06 bits per heavy atom. The molecule has 0 N–H and O–H groups in total. The Bertz CT molecular complexity index is 1260. The summed E-state index contributed by atoms with van der Waals surface area (Å²) in [6.45, 7) is 0.775. The Balaban J connectivity index is 1.52. The van der Waals surface area contributed by atoms with Gasteiger partial charge in [0.15, 0.2) is 5.43 Å². The Morgan fingerprint density at radius 1 is 0.935 bits per heavy atom. The number of benzene rings is 3. The Hall–Kier alpha value is -3.60. The molecule has 1 aliphatic rings. The highest BCUT2D eigenvalue weighted by molar-refractivity contribution is 5.94. The number of rotatable bonds is 6. The summed E-state index contributed by atoms with van der Waals surface area (Å²) in [7, 11) is 1.65. The number of carbonyl (C=O) groups excluding carboxylic acids is 1. The number of hydrogen-bond acceptors (Lipinski definition) is 3. The molecule has 31 heavy (non-hydrogen) atoms. The van der Waals surface area contributed by atoms with Crippen molar-refractivity contribution in [3.63, 3.8) is 0 Å². The van der Waals surface area contributed by atoms with Crippen molar-refractivity contribution in [2.75, 3.05) is 7.11 Å². The first-order valence-electron chi connectivity index (χ1n) is 10.6. The third kappa shape index (κ3) is 3.67. The lowest BCUT2D eigenvalue weighted by molar-refractivity contribution is -0.132. The van der Waals surface area contributed by atoms with Gasteiger partial charge in [-0.3, -0.25) is 9.59 Å². The van der Waals surface area contributed by atoms with Gasteiger partial charge >= 0.3 is 0 Å². The van der Waals surface area contributed by atoms with Crippen LogP contribution in [0.4, 0.5) is 0 Å². The first-order valence-corrected chi connectivity index (χ1v) is 10.6. The lowest BCUT2D eigenvalue weighted by Crippen LogP contribution is -2.35. The van der Waals surface area contributed by atoms with Crippen LogP contribution in [-0.2, 0) is 17.9 Å². The number of pyridine rings is 1. The summed E-state index contributed by atoms with van der Waals surface area (Å²) in [6.07, 6.45) is 2.07. The zero-order valence-corrected chi connectivity index (χ0v) is 17.5. The maximum absolute atomic E-state index is 13.5. The van der Waals surface area contributed by atoms with Crippen molar-refractivity contribution in [2.24, 2.45) is 0 Å². The fraction of sp³-hybridized carbons (Fsp3) is 0.231. The molecule has 156 valence electrons. The predicted molar refractivity (Wildman–Crippen MR) is 122 cm³/mol. The number of amides is 1. The maximum Gasteiger partial charge on any atom is 0.243 e. The van der Waals surface area contributed by atoms with Crippen molar-refractivity contribution in [2.45, 2.75) is 32.0 Å². The summed E-state index contributed by atoms with van der Waals surface area (Å²) in [5.41, 5.74) is 2.67. The molecule has 1 heterocycles. The molecule has 1 fully saturated rings. The van der Waals surface area contributed by atoms with Gasteiger partial charge in [0.25, 0.3) is 0 Å². The van der Waals surface area contributed by atoms with Crippen LogP contribution in [0.2, 0.25) is 0 Å². The van der Waals surface area contributed by atoms with Crippen molar-refractivity contribution in [1.29, 1.82) is 0 Å². The molecule has 1 saturated carbocycles. The van der Waals surface area contributed by atoms with Gasteiger partial charge in [-0.05, 0) is 54.8 Å². The van der Waals surface area contributed by atoms with Crippen LogP contribution in [0.5, 0.6) is 5.75 Å². The zero-order chi connectivity index (χ0) is 21.4. The van der Waals surface area contributed by atoms with Gasteiger partial charge in [-0.2, -0.15) is 0 Å². The molecular weight excluding hydrogens is 388 g/mol. The summed E-state index contributed by atoms with van der Waals surface area (Å²) in [5, 5.41) is 1.28. The van der Waals surface area contributed by atoms with E-state index in [1.807, 2.05) is 82.3 Å². The number of fused-ring (bicyclic) bond motifs is 2. The number of aromatic nitrogens is 1. The Kier molecular flexibility index (Phi) is 4.94. The minimum atomic E-state index is 0.00665. The van der Waals surface area contributed by atoms with Gasteiger partial charge in [-0.25, -0.2) is 0 Å². The van der Waals surface area contributed by atoms with Crippen LogP contribution in [0.1, 0.15) is 18.4 Å². The van der Waals surface area contributed by atoms with E-state index in [0.717, 1.165) is 35.2 Å². The highest BCUT2D eigenvalue weighted by atomic mass is 16.5. The largest absolute Gasteiger partial charge is 0.497 e. The molecule has 1 aromatic heterocycles. The van der Waals surface area contributed by atoms with E-state index in [1.54, 1.807) is 7.11 Å². The van der Waals surface area contributed by atoms with Gasteiger partial charge in [0.05, 0.1) is 18.1 Å². The van der Waals surface area contributed by atoms with Crippen molar-refractivity contribution in [1.82, 2.24) is 9.47 Å². The highest BCUT2D eigenvalue weighted by Gasteiger charge is 2.32. The first-order chi connectivity index (χ1) is 15.2. The average molecular weight is 412 g/mol. The number of ether oxygens (including phenoxy) is 1. The molecule has 1 aliphatic carbocycles. The average Bonchev–Trinajstić information content (AvgIpc) is 3.66. The van der Waals surface area contributed by atoms with Crippen LogP contribution < -0.4 is 10.2 Å². The molecule has 0 radical (unpaired) electrons. The minimum absolute atomic E-state index is 0.00665. The van der Waals surface area contributed by atoms with Crippen LogP contribution in [0.25, 0.3) is 21.8 Å². The number of nitrogens with zero attached hydrogens (tertiary/aromatic N) is 2. The van der Waals surface area contributed by atoms with Crippen molar-refractivity contribution in [3.05, 3.63) is 88.6 Å². The Morgan fingerprint density at radius 2 is 1.52 bits per heavy atom. The summed E-state index contributed by atoms with van der Waals surface area (Å²) in [5.74, 6) is 0.872. The van der Waals surface area contributed by atoms with Gasteiger partial charge in [0.1, 0.15) is 12.3 Å². The van der Waals surface area contributed by atoms with Gasteiger partial charge in [0, 0.05) is 23.4 Å². The quantitative estimate of drug-likeness (QED) is 0.442. The smallest absolute Gasteiger partial charge is 0.243 e. The van der Waals surface area contributed by atoms with E-state index in [1.165, 1.54) is 0 Å². The molecule has 0 spiro atoms. The number of para-hydroxylation sites is 2. The van der Waals surface area contributed by atoms with E-state index >= 15 is 0 Å². The first kappa shape index (κ1) is 19.4. The lowest BCUT2D eigenvalue weighted by atomic mass is 10.1. The molecule has 0 bridgehead atoms. The van der Waals surface area contributed by atoms with Crippen LogP contribution >= 0.6 is 0 Å². The second-order valence-electron chi connectivity index (χ2n) is 8.05. The van der Waals surface area contributed by atoms with E-state index in [0.29, 0.717) is 17.3 Å².